The average molecular weight is 315 g/mol. The number of amides is 1. The van der Waals surface area contributed by atoms with E-state index in [0.717, 1.165) is 11.1 Å². The van der Waals surface area contributed by atoms with Gasteiger partial charge in [0, 0.05) is 5.92 Å². The lowest BCUT2D eigenvalue weighted by molar-refractivity contribution is -0.121. The van der Waals surface area contributed by atoms with Gasteiger partial charge in [0.2, 0.25) is 5.91 Å². The fourth-order valence-electron chi connectivity index (χ4n) is 3.59. The van der Waals surface area contributed by atoms with Crippen LogP contribution in [0.1, 0.15) is 41.9 Å². The van der Waals surface area contributed by atoms with E-state index >= 15 is 0 Å². The molecule has 1 aliphatic carbocycles. The second kappa shape index (κ2) is 6.11. The Morgan fingerprint density at radius 2 is 1.96 bits per heavy atom. The normalized spacial score (nSPS) is 21.0. The van der Waals surface area contributed by atoms with Gasteiger partial charge in [-0.25, -0.2) is 8.78 Å². The number of nitrogens with two attached hydrogens (primary N) is 1. The molecule has 1 amide bonds. The summed E-state index contributed by atoms with van der Waals surface area (Å²) in [5.41, 5.74) is 7.89. The molecule has 0 radical (unpaired) electrons. The molecular formula is C19H19F2NO. The van der Waals surface area contributed by atoms with Gasteiger partial charge in [-0.3, -0.25) is 4.79 Å². The average Bonchev–Trinajstić information content (AvgIpc) is 2.86. The van der Waals surface area contributed by atoms with E-state index in [-0.39, 0.29) is 35.3 Å². The number of carbonyl (C=O) groups excluding carboxylic acids is 1. The molecule has 2 nitrogen and oxygen atoms in total. The van der Waals surface area contributed by atoms with Gasteiger partial charge in [0.15, 0.2) is 0 Å². The molecule has 0 aliphatic heterocycles. The molecule has 0 saturated carbocycles. The van der Waals surface area contributed by atoms with Crippen LogP contribution in [0.2, 0.25) is 0 Å². The molecule has 2 aromatic carbocycles. The second-order valence-corrected chi connectivity index (χ2v) is 6.30. The van der Waals surface area contributed by atoms with Crippen molar-refractivity contribution in [2.45, 2.75) is 31.6 Å². The quantitative estimate of drug-likeness (QED) is 0.913. The molecule has 1 aliphatic rings. The molecule has 23 heavy (non-hydrogen) atoms. The molecule has 0 heterocycles. The van der Waals surface area contributed by atoms with Crippen LogP contribution < -0.4 is 5.73 Å². The van der Waals surface area contributed by atoms with E-state index in [9.17, 15) is 13.6 Å². The van der Waals surface area contributed by atoms with Gasteiger partial charge < -0.3 is 5.73 Å². The summed E-state index contributed by atoms with van der Waals surface area (Å²) in [5, 5.41) is 0. The van der Waals surface area contributed by atoms with E-state index in [1.54, 1.807) is 31.2 Å². The van der Waals surface area contributed by atoms with Crippen LogP contribution in [0.25, 0.3) is 0 Å². The first kappa shape index (κ1) is 15.7. The molecular weight excluding hydrogens is 296 g/mol. The van der Waals surface area contributed by atoms with E-state index in [0.29, 0.717) is 18.4 Å². The number of carbonyl (C=O) groups is 1. The first-order chi connectivity index (χ1) is 11.0. The van der Waals surface area contributed by atoms with E-state index in [4.69, 9.17) is 5.73 Å². The number of fused-ring (bicyclic) bond motifs is 1. The first-order valence-electron chi connectivity index (χ1n) is 7.79. The van der Waals surface area contributed by atoms with Crippen molar-refractivity contribution in [3.8, 4) is 0 Å². The van der Waals surface area contributed by atoms with Crippen LogP contribution in [0.5, 0.6) is 0 Å². The zero-order chi connectivity index (χ0) is 16.6. The number of primary amides is 1. The molecule has 120 valence electrons. The smallest absolute Gasteiger partial charge is 0.220 e. The third-order valence-electron chi connectivity index (χ3n) is 4.90. The third kappa shape index (κ3) is 2.98. The molecule has 2 aromatic rings. The summed E-state index contributed by atoms with van der Waals surface area (Å²) in [7, 11) is 0. The summed E-state index contributed by atoms with van der Waals surface area (Å²) in [4.78, 5) is 11.6. The van der Waals surface area contributed by atoms with Gasteiger partial charge in [-0.15, -0.1) is 0 Å². The van der Waals surface area contributed by atoms with Crippen LogP contribution in [0.3, 0.4) is 0 Å². The van der Waals surface area contributed by atoms with Gasteiger partial charge >= 0.3 is 0 Å². The van der Waals surface area contributed by atoms with Crippen molar-refractivity contribution in [1.29, 1.82) is 0 Å². The van der Waals surface area contributed by atoms with Crippen LogP contribution in [0.4, 0.5) is 8.78 Å². The lowest BCUT2D eigenvalue weighted by atomic mass is 9.87. The van der Waals surface area contributed by atoms with Crippen LogP contribution in [0.15, 0.2) is 42.5 Å². The Kier molecular flexibility index (Phi) is 4.16. The maximum Gasteiger partial charge on any atom is 0.220 e. The zero-order valence-corrected chi connectivity index (χ0v) is 12.9. The lowest BCUT2D eigenvalue weighted by Crippen LogP contribution is -2.25. The maximum absolute atomic E-state index is 13.9. The van der Waals surface area contributed by atoms with Crippen molar-refractivity contribution in [2.75, 3.05) is 0 Å². The Morgan fingerprint density at radius 3 is 2.65 bits per heavy atom. The van der Waals surface area contributed by atoms with Crippen molar-refractivity contribution < 1.29 is 13.6 Å². The molecule has 0 spiro atoms. The minimum atomic E-state index is -0.364. The largest absolute Gasteiger partial charge is 0.369 e. The molecule has 0 fully saturated rings. The van der Waals surface area contributed by atoms with Crippen LogP contribution >= 0.6 is 0 Å². The number of hydrogen-bond donors (Lipinski definition) is 1. The first-order valence-corrected chi connectivity index (χ1v) is 7.79. The van der Waals surface area contributed by atoms with E-state index in [1.165, 1.54) is 18.2 Å². The maximum atomic E-state index is 13.9. The van der Waals surface area contributed by atoms with Crippen molar-refractivity contribution >= 4 is 5.91 Å². The van der Waals surface area contributed by atoms with Gasteiger partial charge in [0.1, 0.15) is 11.6 Å². The molecule has 3 rings (SSSR count). The minimum Gasteiger partial charge on any atom is -0.369 e. The van der Waals surface area contributed by atoms with Gasteiger partial charge in [0.25, 0.3) is 0 Å². The summed E-state index contributed by atoms with van der Waals surface area (Å²) >= 11 is 0. The third-order valence-corrected chi connectivity index (χ3v) is 4.90. The summed E-state index contributed by atoms with van der Waals surface area (Å²) in [5.74, 6) is -1.31. The number of halogens is 2. The highest BCUT2D eigenvalue weighted by Gasteiger charge is 2.36. The van der Waals surface area contributed by atoms with E-state index in [2.05, 4.69) is 0 Å². The Hall–Kier alpha value is -2.23. The van der Waals surface area contributed by atoms with Gasteiger partial charge in [-0.05, 0) is 59.6 Å². The van der Waals surface area contributed by atoms with E-state index in [1.807, 2.05) is 0 Å². The Labute approximate surface area is 134 Å². The predicted octanol–water partition coefficient (Wildman–Crippen LogP) is 3.90. The van der Waals surface area contributed by atoms with Crippen LogP contribution in [-0.4, -0.2) is 5.91 Å². The molecule has 2 N–H and O–H groups in total. The molecule has 0 aromatic heterocycles. The van der Waals surface area contributed by atoms with Crippen molar-refractivity contribution in [3.05, 3.63) is 70.8 Å². The topological polar surface area (TPSA) is 43.1 Å². The number of rotatable bonds is 4. The highest BCUT2D eigenvalue weighted by Crippen LogP contribution is 2.47. The van der Waals surface area contributed by atoms with Crippen LogP contribution in [0, 0.1) is 17.6 Å². The Morgan fingerprint density at radius 1 is 1.22 bits per heavy atom. The Bertz CT molecular complexity index is 744. The SMILES string of the molecule is CC(C(N)=O)C1CC(Cc2ccccc2F)c2cc(F)ccc21. The minimum absolute atomic E-state index is 0.00981. The van der Waals surface area contributed by atoms with Crippen LogP contribution in [-0.2, 0) is 11.2 Å². The highest BCUT2D eigenvalue weighted by molar-refractivity contribution is 5.77. The van der Waals surface area contributed by atoms with Gasteiger partial charge in [-0.2, -0.15) is 0 Å². The molecule has 0 bridgehead atoms. The summed E-state index contributed by atoms with van der Waals surface area (Å²) in [6.45, 7) is 1.80. The summed E-state index contributed by atoms with van der Waals surface area (Å²) < 4.78 is 27.6. The van der Waals surface area contributed by atoms with Gasteiger partial charge in [0.05, 0.1) is 0 Å². The molecule has 0 saturated heterocycles. The fraction of sp³-hybridized carbons (Fsp3) is 0.316. The monoisotopic (exact) mass is 315 g/mol. The molecule has 3 atom stereocenters. The van der Waals surface area contributed by atoms with Crippen molar-refractivity contribution in [1.82, 2.24) is 0 Å². The molecule has 4 heteroatoms. The van der Waals surface area contributed by atoms with E-state index < -0.39 is 0 Å². The molecule has 3 unspecified atom stereocenters. The van der Waals surface area contributed by atoms with Crippen molar-refractivity contribution in [2.24, 2.45) is 11.7 Å². The van der Waals surface area contributed by atoms with Gasteiger partial charge in [-0.1, -0.05) is 31.2 Å². The fourth-order valence-corrected chi connectivity index (χ4v) is 3.59. The number of hydrogen-bond acceptors (Lipinski definition) is 1. The Balaban J connectivity index is 1.95. The lowest BCUT2D eigenvalue weighted by Gasteiger charge is -2.17. The number of benzene rings is 2. The zero-order valence-electron chi connectivity index (χ0n) is 12.9. The second-order valence-electron chi connectivity index (χ2n) is 6.30. The summed E-state index contributed by atoms with van der Waals surface area (Å²) in [6.07, 6.45) is 1.17. The standard InChI is InChI=1S/C19H19F2NO/c1-11(19(22)23)16-9-13(8-12-4-2-3-5-18(12)21)17-10-14(20)6-7-15(16)17/h2-7,10-11,13,16H,8-9H2,1H3,(H2,22,23). The van der Waals surface area contributed by atoms with Crippen molar-refractivity contribution in [3.63, 3.8) is 0 Å². The summed E-state index contributed by atoms with van der Waals surface area (Å²) in [6, 6.07) is 11.3. The highest BCUT2D eigenvalue weighted by atomic mass is 19.1. The predicted molar refractivity (Wildman–Crippen MR) is 85.0 cm³/mol.